The van der Waals surface area contributed by atoms with E-state index >= 15 is 0 Å². The van der Waals surface area contributed by atoms with Gasteiger partial charge in [-0.1, -0.05) is 0 Å². The van der Waals surface area contributed by atoms with Gasteiger partial charge in [-0.2, -0.15) is 12.2 Å². The normalized spacial score (nSPS) is 13.5. The molecule has 0 fully saturated rings. The molecule has 0 aromatic carbocycles. The molecule has 0 heterocycles. The first-order chi connectivity index (χ1) is 5.00. The van der Waals surface area contributed by atoms with Crippen LogP contribution in [-0.4, -0.2) is 0 Å². The summed E-state index contributed by atoms with van der Waals surface area (Å²) in [5.41, 5.74) is 0. The van der Waals surface area contributed by atoms with Crippen LogP contribution in [0, 0.1) is 19.6 Å². The second-order valence-corrected chi connectivity index (χ2v) is 2.01. The molecule has 0 radical (unpaired) electrons. The Hall–Kier alpha value is 0.133. The first kappa shape index (κ1) is 18.8. The predicted octanol–water partition coefficient (Wildman–Crippen LogP) is 0.0632. The maximum Gasteiger partial charge on any atom is 4.00 e. The van der Waals surface area contributed by atoms with Gasteiger partial charge < -0.3 is 19.8 Å². The maximum atomic E-state index is 2.99. The first-order valence-electron chi connectivity index (χ1n) is 3.43. The smallest absolute Gasteiger partial charge is 1.00 e. The Morgan fingerprint density at radius 1 is 0.846 bits per heavy atom. The van der Waals surface area contributed by atoms with Gasteiger partial charge in [0.2, 0.25) is 0 Å². The van der Waals surface area contributed by atoms with E-state index in [9.17, 15) is 0 Å². The van der Waals surface area contributed by atoms with Gasteiger partial charge in [0.1, 0.15) is 0 Å². The molecule has 0 aliphatic heterocycles. The zero-order valence-electron chi connectivity index (χ0n) is 7.76. The van der Waals surface area contributed by atoms with E-state index < -0.39 is 0 Å². The van der Waals surface area contributed by atoms with Gasteiger partial charge in [-0.05, 0) is 0 Å². The van der Waals surface area contributed by atoms with Gasteiger partial charge in [0.15, 0.2) is 0 Å². The topological polar surface area (TPSA) is 0 Å². The van der Waals surface area contributed by atoms with Gasteiger partial charge in [-0.3, -0.25) is 12.2 Å². The van der Waals surface area contributed by atoms with Crippen LogP contribution in [0.5, 0.6) is 0 Å². The molecule has 0 spiro atoms. The predicted molar refractivity (Wildman–Crippen MR) is 49.6 cm³/mol. The zero-order valence-corrected chi connectivity index (χ0v) is 11.0. The molecular weight excluding hydrogens is 259 g/mol. The average Bonchev–Trinajstić information content (AvgIpc) is 2.67. The average molecular weight is 272 g/mol. The summed E-state index contributed by atoms with van der Waals surface area (Å²) in [5, 5.41) is 0. The number of hydrogen-bond donors (Lipinski definition) is 0. The van der Waals surface area contributed by atoms with Crippen LogP contribution < -0.4 is 12.4 Å². The van der Waals surface area contributed by atoms with Gasteiger partial charge in [0.25, 0.3) is 0 Å². The van der Waals surface area contributed by atoms with Gasteiger partial charge in [-0.25, -0.2) is 24.3 Å². The Bertz CT molecular complexity index is 148. The SMILES string of the molecule is [C-]1=CC=CC1.[C-]1=CC=CC1.[CH3-].[Cl-].[Zr+4]. The molecule has 0 saturated heterocycles. The van der Waals surface area contributed by atoms with Gasteiger partial charge in [-0.15, -0.1) is 12.8 Å². The molecule has 2 rings (SSSR count). The van der Waals surface area contributed by atoms with Crippen LogP contribution in [-0.2, 0) is 26.2 Å². The van der Waals surface area contributed by atoms with Gasteiger partial charge in [0.05, 0.1) is 0 Å². The molecular formula is C11H13ClZr. The molecule has 2 aliphatic carbocycles. The molecule has 0 aromatic rings. The summed E-state index contributed by atoms with van der Waals surface area (Å²) in [6.45, 7) is 0. The molecule has 0 bridgehead atoms. The van der Waals surface area contributed by atoms with E-state index in [2.05, 4.69) is 24.3 Å². The fourth-order valence-electron chi connectivity index (χ4n) is 0.680. The second kappa shape index (κ2) is 14.6. The summed E-state index contributed by atoms with van der Waals surface area (Å²) < 4.78 is 0. The summed E-state index contributed by atoms with van der Waals surface area (Å²) >= 11 is 0. The first-order valence-corrected chi connectivity index (χ1v) is 3.43. The summed E-state index contributed by atoms with van der Waals surface area (Å²) in [6.07, 6.45) is 20.0. The molecule has 0 aromatic heterocycles. The van der Waals surface area contributed by atoms with E-state index in [4.69, 9.17) is 0 Å². The maximum absolute atomic E-state index is 2.99. The second-order valence-electron chi connectivity index (χ2n) is 2.01. The third-order valence-corrected chi connectivity index (χ3v) is 1.17. The Morgan fingerprint density at radius 2 is 1.23 bits per heavy atom. The molecule has 68 valence electrons. The Labute approximate surface area is 107 Å². The minimum absolute atomic E-state index is 0. The Balaban J connectivity index is -0.000000125. The van der Waals surface area contributed by atoms with Gasteiger partial charge >= 0.3 is 26.2 Å². The Morgan fingerprint density at radius 3 is 1.31 bits per heavy atom. The summed E-state index contributed by atoms with van der Waals surface area (Å²) in [5.74, 6) is 0. The van der Waals surface area contributed by atoms with Crippen molar-refractivity contribution in [2.45, 2.75) is 12.8 Å². The minimum Gasteiger partial charge on any atom is -1.00 e. The van der Waals surface area contributed by atoms with E-state index in [0.717, 1.165) is 12.8 Å². The molecule has 0 nitrogen and oxygen atoms in total. The number of hydrogen-bond acceptors (Lipinski definition) is 0. The van der Waals surface area contributed by atoms with Crippen molar-refractivity contribution in [3.05, 3.63) is 56.0 Å². The largest absolute Gasteiger partial charge is 4.00 e. The van der Waals surface area contributed by atoms with Crippen LogP contribution in [0.1, 0.15) is 12.8 Å². The molecule has 2 heteroatoms. The van der Waals surface area contributed by atoms with Crippen molar-refractivity contribution < 1.29 is 38.6 Å². The van der Waals surface area contributed by atoms with Crippen LogP contribution in [0.15, 0.2) is 36.5 Å². The van der Waals surface area contributed by atoms with Crippen molar-refractivity contribution in [1.82, 2.24) is 0 Å². The monoisotopic (exact) mass is 270 g/mol. The van der Waals surface area contributed by atoms with Crippen LogP contribution >= 0.6 is 0 Å². The van der Waals surface area contributed by atoms with Crippen molar-refractivity contribution >= 4 is 0 Å². The van der Waals surface area contributed by atoms with Gasteiger partial charge in [0, 0.05) is 0 Å². The fourth-order valence-corrected chi connectivity index (χ4v) is 0.680. The molecule has 0 unspecified atom stereocenters. The summed E-state index contributed by atoms with van der Waals surface area (Å²) in [7, 11) is 0. The zero-order chi connectivity index (χ0) is 7.07. The molecule has 2 aliphatic rings. The van der Waals surface area contributed by atoms with Crippen molar-refractivity contribution in [3.8, 4) is 0 Å². The van der Waals surface area contributed by atoms with E-state index in [-0.39, 0.29) is 46.0 Å². The quantitative estimate of drug-likeness (QED) is 0.547. The van der Waals surface area contributed by atoms with Crippen LogP contribution in [0.3, 0.4) is 0 Å². The molecule has 13 heavy (non-hydrogen) atoms. The third-order valence-electron chi connectivity index (χ3n) is 1.17. The van der Waals surface area contributed by atoms with E-state index in [1.54, 1.807) is 0 Å². The Kier molecular flexibility index (Phi) is 21.2. The van der Waals surface area contributed by atoms with E-state index in [0.29, 0.717) is 0 Å². The number of allylic oxidation sites excluding steroid dienone is 8. The number of halogens is 1. The standard InChI is InChI=1S/2C5H5.CH3.ClH.Zr/c2*1-2-4-5-3-1;;;/h2*1-3H,4H2;1H3;1H;/q3*-1;;+4/p-1. The summed E-state index contributed by atoms with van der Waals surface area (Å²) in [4.78, 5) is 0. The van der Waals surface area contributed by atoms with Crippen molar-refractivity contribution in [2.24, 2.45) is 0 Å². The van der Waals surface area contributed by atoms with Crippen molar-refractivity contribution in [3.63, 3.8) is 0 Å². The van der Waals surface area contributed by atoms with E-state index in [1.165, 1.54) is 0 Å². The van der Waals surface area contributed by atoms with E-state index in [1.807, 2.05) is 24.3 Å². The minimum atomic E-state index is 0. The molecule has 0 amide bonds. The van der Waals surface area contributed by atoms with Crippen LogP contribution in [0.2, 0.25) is 0 Å². The number of rotatable bonds is 0. The van der Waals surface area contributed by atoms with Crippen molar-refractivity contribution in [2.75, 3.05) is 0 Å². The molecule has 0 N–H and O–H groups in total. The summed E-state index contributed by atoms with van der Waals surface area (Å²) in [6, 6.07) is 0. The third kappa shape index (κ3) is 12.1. The van der Waals surface area contributed by atoms with Crippen LogP contribution in [0.4, 0.5) is 0 Å². The molecule has 0 saturated carbocycles. The molecule has 0 atom stereocenters. The van der Waals surface area contributed by atoms with Crippen LogP contribution in [0.25, 0.3) is 0 Å². The van der Waals surface area contributed by atoms with Crippen molar-refractivity contribution in [1.29, 1.82) is 0 Å². The fraction of sp³-hybridized carbons (Fsp3) is 0.182.